The Bertz CT molecular complexity index is 928. The maximum atomic E-state index is 12.6. The number of aromatic amines is 1. The first-order valence-corrected chi connectivity index (χ1v) is 11.1. The molecule has 0 bridgehead atoms. The molecule has 0 aliphatic carbocycles. The molecule has 3 N–H and O–H groups in total. The summed E-state index contributed by atoms with van der Waals surface area (Å²) in [7, 11) is 0. The molecule has 3 amide bonds. The molecule has 2 aromatic rings. The van der Waals surface area contributed by atoms with Crippen LogP contribution in [0.2, 0.25) is 0 Å². The van der Waals surface area contributed by atoms with Crippen LogP contribution in [0.25, 0.3) is 10.2 Å². The lowest BCUT2D eigenvalue weighted by Gasteiger charge is -2.20. The van der Waals surface area contributed by atoms with E-state index in [1.807, 2.05) is 27.7 Å². The molecule has 28 heavy (non-hydrogen) atoms. The SMILES string of the molecule is CC[C@@H](C)Cc1c(C)sc2nc(SCC(=O)NC(=O)NC(C)(C)C)[nH]c(=O)c12. The minimum Gasteiger partial charge on any atom is -0.333 e. The topological polar surface area (TPSA) is 104 Å². The first-order valence-electron chi connectivity index (χ1n) is 9.27. The predicted octanol–water partition coefficient (Wildman–Crippen LogP) is 3.60. The van der Waals surface area contributed by atoms with Gasteiger partial charge in [0.2, 0.25) is 5.91 Å². The lowest BCUT2D eigenvalue weighted by atomic mass is 9.98. The Labute approximate surface area is 173 Å². The summed E-state index contributed by atoms with van der Waals surface area (Å²) >= 11 is 2.60. The summed E-state index contributed by atoms with van der Waals surface area (Å²) in [4.78, 5) is 45.4. The van der Waals surface area contributed by atoms with E-state index < -0.39 is 17.5 Å². The zero-order chi connectivity index (χ0) is 21.1. The monoisotopic (exact) mass is 424 g/mol. The van der Waals surface area contributed by atoms with E-state index in [4.69, 9.17) is 0 Å². The molecule has 2 heterocycles. The van der Waals surface area contributed by atoms with Gasteiger partial charge in [-0.15, -0.1) is 11.3 Å². The predicted molar refractivity (Wildman–Crippen MR) is 115 cm³/mol. The molecular formula is C19H28N4O3S2. The number of thioether (sulfide) groups is 1. The van der Waals surface area contributed by atoms with Gasteiger partial charge in [-0.3, -0.25) is 14.9 Å². The third-order valence-electron chi connectivity index (χ3n) is 4.17. The van der Waals surface area contributed by atoms with E-state index in [2.05, 4.69) is 34.4 Å². The number of carbonyl (C=O) groups excluding carboxylic acids is 2. The summed E-state index contributed by atoms with van der Waals surface area (Å²) in [5.41, 5.74) is 0.455. The Balaban J connectivity index is 2.09. The second-order valence-electron chi connectivity index (χ2n) is 7.95. The summed E-state index contributed by atoms with van der Waals surface area (Å²) < 4.78 is 0. The van der Waals surface area contributed by atoms with Gasteiger partial charge in [0.15, 0.2) is 5.16 Å². The second kappa shape index (κ2) is 9.09. The van der Waals surface area contributed by atoms with Crippen LogP contribution in [0.5, 0.6) is 0 Å². The van der Waals surface area contributed by atoms with Crippen LogP contribution >= 0.6 is 23.1 Å². The molecule has 154 valence electrons. The van der Waals surface area contributed by atoms with Crippen LogP contribution in [-0.2, 0) is 11.2 Å². The van der Waals surface area contributed by atoms with Gasteiger partial charge in [-0.2, -0.15) is 0 Å². The Morgan fingerprint density at radius 3 is 2.61 bits per heavy atom. The quantitative estimate of drug-likeness (QED) is 0.485. The highest BCUT2D eigenvalue weighted by Gasteiger charge is 2.18. The number of thiophene rings is 1. The molecule has 0 saturated carbocycles. The number of aromatic nitrogens is 2. The number of fused-ring (bicyclic) bond motifs is 1. The molecule has 2 aromatic heterocycles. The Hall–Kier alpha value is -1.87. The van der Waals surface area contributed by atoms with Gasteiger partial charge in [0.05, 0.1) is 11.1 Å². The van der Waals surface area contributed by atoms with Crippen molar-refractivity contribution in [3.05, 3.63) is 20.8 Å². The van der Waals surface area contributed by atoms with Crippen molar-refractivity contribution in [2.45, 2.75) is 65.1 Å². The van der Waals surface area contributed by atoms with Gasteiger partial charge in [-0.05, 0) is 45.6 Å². The number of nitrogens with one attached hydrogen (secondary N) is 3. The zero-order valence-corrected chi connectivity index (χ0v) is 18.8. The zero-order valence-electron chi connectivity index (χ0n) is 17.2. The van der Waals surface area contributed by atoms with Crippen molar-refractivity contribution >= 4 is 45.3 Å². The first-order chi connectivity index (χ1) is 13.0. The molecule has 2 rings (SSSR count). The van der Waals surface area contributed by atoms with Crippen LogP contribution in [0, 0.1) is 12.8 Å². The molecule has 0 saturated heterocycles. The van der Waals surface area contributed by atoms with E-state index in [1.54, 1.807) is 0 Å². The Morgan fingerprint density at radius 1 is 1.32 bits per heavy atom. The second-order valence-corrected chi connectivity index (χ2v) is 10.1. The van der Waals surface area contributed by atoms with Gasteiger partial charge in [0.1, 0.15) is 4.83 Å². The summed E-state index contributed by atoms with van der Waals surface area (Å²) in [6, 6.07) is -0.543. The van der Waals surface area contributed by atoms with Crippen LogP contribution in [-0.4, -0.2) is 33.2 Å². The molecule has 0 spiro atoms. The first kappa shape index (κ1) is 22.4. The van der Waals surface area contributed by atoms with E-state index in [9.17, 15) is 14.4 Å². The highest BCUT2D eigenvalue weighted by Crippen LogP contribution is 2.30. The lowest BCUT2D eigenvalue weighted by Crippen LogP contribution is -2.48. The maximum Gasteiger partial charge on any atom is 0.321 e. The minimum absolute atomic E-state index is 0.0178. The number of amides is 3. The number of nitrogens with zero attached hydrogens (tertiary/aromatic N) is 1. The highest BCUT2D eigenvalue weighted by atomic mass is 32.2. The number of imide groups is 1. The van der Waals surface area contributed by atoms with Crippen LogP contribution in [0.15, 0.2) is 9.95 Å². The molecule has 9 heteroatoms. The van der Waals surface area contributed by atoms with E-state index in [-0.39, 0.29) is 11.3 Å². The smallest absolute Gasteiger partial charge is 0.321 e. The standard InChI is InChI=1S/C19H28N4O3S2/c1-7-10(2)8-12-11(3)28-16-14(12)15(25)21-18(22-16)27-9-13(24)20-17(26)23-19(4,5)6/h10H,7-9H2,1-6H3,(H,21,22,25)(H2,20,23,24,26)/t10-/m1/s1. The molecule has 0 aromatic carbocycles. The normalized spacial score (nSPS) is 12.8. The van der Waals surface area contributed by atoms with Crippen LogP contribution in [0.4, 0.5) is 4.79 Å². The molecule has 0 unspecified atom stereocenters. The largest absolute Gasteiger partial charge is 0.333 e. The number of rotatable bonds is 6. The summed E-state index contributed by atoms with van der Waals surface area (Å²) in [5.74, 6) is 0.0259. The van der Waals surface area contributed by atoms with Gasteiger partial charge >= 0.3 is 6.03 Å². The fourth-order valence-electron chi connectivity index (χ4n) is 2.63. The van der Waals surface area contributed by atoms with Crippen LogP contribution < -0.4 is 16.2 Å². The number of aryl methyl sites for hydroxylation is 1. The van der Waals surface area contributed by atoms with E-state index >= 15 is 0 Å². The number of H-pyrrole nitrogens is 1. The molecular weight excluding hydrogens is 396 g/mol. The van der Waals surface area contributed by atoms with Crippen LogP contribution in [0.3, 0.4) is 0 Å². The third kappa shape index (κ3) is 6.07. The fourth-order valence-corrected chi connectivity index (χ4v) is 4.40. The van der Waals surface area contributed by atoms with Crippen molar-refractivity contribution < 1.29 is 9.59 Å². The van der Waals surface area contributed by atoms with E-state index in [0.29, 0.717) is 21.3 Å². The van der Waals surface area contributed by atoms with Crippen molar-refractivity contribution in [1.82, 2.24) is 20.6 Å². The Kier molecular flexibility index (Phi) is 7.28. The molecule has 0 radical (unpaired) electrons. The number of hydrogen-bond donors (Lipinski definition) is 3. The number of hydrogen-bond acceptors (Lipinski definition) is 6. The molecule has 0 fully saturated rings. The average Bonchev–Trinajstić information content (AvgIpc) is 2.87. The van der Waals surface area contributed by atoms with Gasteiger partial charge < -0.3 is 10.3 Å². The summed E-state index contributed by atoms with van der Waals surface area (Å²) in [6.45, 7) is 11.8. The molecule has 0 aliphatic heterocycles. The minimum atomic E-state index is -0.543. The van der Waals surface area contributed by atoms with Crippen LogP contribution in [0.1, 0.15) is 51.5 Å². The molecule has 7 nitrogen and oxygen atoms in total. The van der Waals surface area contributed by atoms with E-state index in [1.165, 1.54) is 11.3 Å². The third-order valence-corrected chi connectivity index (χ3v) is 6.09. The number of carbonyl (C=O) groups is 2. The fraction of sp³-hybridized carbons (Fsp3) is 0.579. The highest BCUT2D eigenvalue weighted by molar-refractivity contribution is 7.99. The van der Waals surface area contributed by atoms with Crippen molar-refractivity contribution in [3.63, 3.8) is 0 Å². The van der Waals surface area contributed by atoms with E-state index in [0.717, 1.165) is 35.0 Å². The summed E-state index contributed by atoms with van der Waals surface area (Å²) in [6.07, 6.45) is 1.90. The number of urea groups is 1. The van der Waals surface area contributed by atoms with Gasteiger partial charge in [-0.1, -0.05) is 32.0 Å². The molecule has 1 atom stereocenters. The van der Waals surface area contributed by atoms with Gasteiger partial charge in [-0.25, -0.2) is 9.78 Å². The van der Waals surface area contributed by atoms with Crippen molar-refractivity contribution in [1.29, 1.82) is 0 Å². The van der Waals surface area contributed by atoms with Crippen molar-refractivity contribution in [2.75, 3.05) is 5.75 Å². The maximum absolute atomic E-state index is 12.6. The lowest BCUT2D eigenvalue weighted by molar-refractivity contribution is -0.117. The average molecular weight is 425 g/mol. The van der Waals surface area contributed by atoms with Crippen molar-refractivity contribution in [2.24, 2.45) is 5.92 Å². The van der Waals surface area contributed by atoms with Crippen molar-refractivity contribution in [3.8, 4) is 0 Å². The Morgan fingerprint density at radius 2 is 2.00 bits per heavy atom. The van der Waals surface area contributed by atoms with Gasteiger partial charge in [0, 0.05) is 10.4 Å². The van der Waals surface area contributed by atoms with Gasteiger partial charge in [0.25, 0.3) is 5.56 Å². The summed E-state index contributed by atoms with van der Waals surface area (Å²) in [5, 5.41) is 5.96. The molecule has 0 aliphatic rings.